The maximum absolute atomic E-state index is 11.1. The number of carbonyl (C=O) groups excluding carboxylic acids is 1. The molecule has 0 radical (unpaired) electrons. The summed E-state index contributed by atoms with van der Waals surface area (Å²) in [6, 6.07) is 20.6. The summed E-state index contributed by atoms with van der Waals surface area (Å²) in [6.45, 7) is 0. The average Bonchev–Trinajstić information content (AvgIpc) is 2.47. The van der Waals surface area contributed by atoms with Gasteiger partial charge in [0, 0.05) is 16.9 Å². The summed E-state index contributed by atoms with van der Waals surface area (Å²) in [5.41, 5.74) is 1.53. The van der Waals surface area contributed by atoms with Crippen molar-refractivity contribution >= 4 is 28.1 Å². The Labute approximate surface area is 116 Å². The van der Waals surface area contributed by atoms with E-state index in [9.17, 15) is 9.90 Å². The van der Waals surface area contributed by atoms with Crippen LogP contribution in [-0.2, 0) is 0 Å². The minimum atomic E-state index is -1.19. The largest absolute Gasteiger partial charge is 0.545 e. The van der Waals surface area contributed by atoms with Crippen molar-refractivity contribution in [2.24, 2.45) is 0 Å². The third kappa shape index (κ3) is 2.34. The van der Waals surface area contributed by atoms with Gasteiger partial charge in [0.1, 0.15) is 0 Å². The molecule has 0 heterocycles. The molecular formula is C17H12NO2-. The molecule has 0 saturated carbocycles. The monoisotopic (exact) mass is 262 g/mol. The Morgan fingerprint density at radius 1 is 0.850 bits per heavy atom. The molecule has 0 aliphatic heterocycles. The van der Waals surface area contributed by atoms with Crippen molar-refractivity contribution < 1.29 is 9.90 Å². The van der Waals surface area contributed by atoms with Crippen molar-refractivity contribution in [3.05, 3.63) is 72.3 Å². The highest BCUT2D eigenvalue weighted by atomic mass is 16.4. The van der Waals surface area contributed by atoms with Gasteiger partial charge in [-0.3, -0.25) is 0 Å². The Morgan fingerprint density at radius 3 is 2.35 bits per heavy atom. The number of anilines is 2. The molecule has 0 fully saturated rings. The molecule has 0 atom stereocenters. The van der Waals surface area contributed by atoms with E-state index in [-0.39, 0.29) is 5.56 Å². The van der Waals surface area contributed by atoms with Crippen LogP contribution in [-0.4, -0.2) is 5.97 Å². The van der Waals surface area contributed by atoms with Crippen molar-refractivity contribution in [3.63, 3.8) is 0 Å². The lowest BCUT2D eigenvalue weighted by Crippen LogP contribution is -2.23. The van der Waals surface area contributed by atoms with Gasteiger partial charge in [0.15, 0.2) is 0 Å². The van der Waals surface area contributed by atoms with Crippen molar-refractivity contribution in [3.8, 4) is 0 Å². The number of hydrogen-bond donors (Lipinski definition) is 1. The van der Waals surface area contributed by atoms with E-state index >= 15 is 0 Å². The van der Waals surface area contributed by atoms with Crippen LogP contribution in [0, 0.1) is 0 Å². The lowest BCUT2D eigenvalue weighted by Gasteiger charge is -2.13. The van der Waals surface area contributed by atoms with Gasteiger partial charge in [-0.05, 0) is 29.0 Å². The van der Waals surface area contributed by atoms with Gasteiger partial charge in [0.05, 0.1) is 5.97 Å². The molecule has 0 aromatic heterocycles. The summed E-state index contributed by atoms with van der Waals surface area (Å²) >= 11 is 0. The maximum atomic E-state index is 11.1. The molecule has 0 amide bonds. The predicted molar refractivity (Wildman–Crippen MR) is 78.0 cm³/mol. The van der Waals surface area contributed by atoms with Gasteiger partial charge < -0.3 is 15.2 Å². The second kappa shape index (κ2) is 5.05. The second-order valence-corrected chi connectivity index (χ2v) is 4.52. The van der Waals surface area contributed by atoms with Crippen LogP contribution in [0.5, 0.6) is 0 Å². The molecule has 1 N–H and O–H groups in total. The van der Waals surface area contributed by atoms with Gasteiger partial charge in [-0.15, -0.1) is 0 Å². The number of para-hydroxylation sites is 1. The first kappa shape index (κ1) is 12.2. The molecule has 3 nitrogen and oxygen atoms in total. The number of benzene rings is 3. The number of hydrogen-bond acceptors (Lipinski definition) is 3. The summed E-state index contributed by atoms with van der Waals surface area (Å²) in [6.07, 6.45) is 0. The first-order valence-corrected chi connectivity index (χ1v) is 6.30. The molecule has 0 aliphatic rings. The fraction of sp³-hybridized carbons (Fsp3) is 0. The van der Waals surface area contributed by atoms with Crippen molar-refractivity contribution in [1.29, 1.82) is 0 Å². The van der Waals surface area contributed by atoms with Gasteiger partial charge in [-0.1, -0.05) is 48.5 Å². The molecular weight excluding hydrogens is 250 g/mol. The standard InChI is InChI=1S/C17H13NO2/c19-17(20)15-7-3-4-8-16(15)18-14-10-9-12-5-1-2-6-13(12)11-14/h1-11,18H,(H,19,20)/p-1. The molecule has 3 heteroatoms. The molecule has 3 aromatic carbocycles. The Bertz CT molecular complexity index is 781. The van der Waals surface area contributed by atoms with Crippen LogP contribution in [0.15, 0.2) is 66.7 Å². The van der Waals surface area contributed by atoms with E-state index in [4.69, 9.17) is 0 Å². The number of fused-ring (bicyclic) bond motifs is 1. The molecule has 98 valence electrons. The third-order valence-electron chi connectivity index (χ3n) is 3.18. The Morgan fingerprint density at radius 2 is 1.55 bits per heavy atom. The van der Waals surface area contributed by atoms with Gasteiger partial charge in [0.2, 0.25) is 0 Å². The third-order valence-corrected chi connectivity index (χ3v) is 3.18. The number of nitrogens with one attached hydrogen (secondary N) is 1. The van der Waals surface area contributed by atoms with Gasteiger partial charge >= 0.3 is 0 Å². The van der Waals surface area contributed by atoms with E-state index < -0.39 is 5.97 Å². The predicted octanol–water partition coefficient (Wildman–Crippen LogP) is 2.95. The van der Waals surface area contributed by atoms with E-state index in [2.05, 4.69) is 5.32 Å². The quantitative estimate of drug-likeness (QED) is 0.789. The van der Waals surface area contributed by atoms with Gasteiger partial charge in [-0.2, -0.15) is 0 Å². The van der Waals surface area contributed by atoms with Crippen molar-refractivity contribution in [2.45, 2.75) is 0 Å². The van der Waals surface area contributed by atoms with E-state index in [0.717, 1.165) is 16.5 Å². The summed E-state index contributed by atoms with van der Waals surface area (Å²) in [5.74, 6) is -1.19. The Kier molecular flexibility index (Phi) is 3.09. The molecule has 20 heavy (non-hydrogen) atoms. The minimum absolute atomic E-state index is 0.153. The molecule has 0 aliphatic carbocycles. The SMILES string of the molecule is O=C([O-])c1ccccc1Nc1ccc2ccccc2c1. The van der Waals surface area contributed by atoms with Crippen LogP contribution in [0.1, 0.15) is 10.4 Å². The van der Waals surface area contributed by atoms with Crippen molar-refractivity contribution in [1.82, 2.24) is 0 Å². The summed E-state index contributed by atoms with van der Waals surface area (Å²) < 4.78 is 0. The minimum Gasteiger partial charge on any atom is -0.545 e. The summed E-state index contributed by atoms with van der Waals surface area (Å²) in [7, 11) is 0. The summed E-state index contributed by atoms with van der Waals surface area (Å²) in [5, 5.41) is 16.4. The molecule has 0 spiro atoms. The zero-order valence-electron chi connectivity index (χ0n) is 10.7. The average molecular weight is 262 g/mol. The number of carboxylic acid groups (broad SMARTS) is 1. The van der Waals surface area contributed by atoms with Crippen LogP contribution in [0.4, 0.5) is 11.4 Å². The smallest absolute Gasteiger partial charge is 0.0736 e. The number of carbonyl (C=O) groups is 1. The van der Waals surface area contributed by atoms with E-state index in [0.29, 0.717) is 5.69 Å². The lowest BCUT2D eigenvalue weighted by molar-refractivity contribution is -0.254. The van der Waals surface area contributed by atoms with Crippen LogP contribution in [0.2, 0.25) is 0 Å². The maximum Gasteiger partial charge on any atom is 0.0736 e. The zero-order valence-corrected chi connectivity index (χ0v) is 10.7. The van der Waals surface area contributed by atoms with E-state index in [1.165, 1.54) is 6.07 Å². The molecule has 0 bridgehead atoms. The summed E-state index contributed by atoms with van der Waals surface area (Å²) in [4.78, 5) is 11.1. The normalized spacial score (nSPS) is 10.4. The lowest BCUT2D eigenvalue weighted by atomic mass is 10.1. The first-order chi connectivity index (χ1) is 9.74. The molecule has 0 unspecified atom stereocenters. The van der Waals surface area contributed by atoms with E-state index in [1.54, 1.807) is 18.2 Å². The highest BCUT2D eigenvalue weighted by Gasteiger charge is 2.03. The number of carboxylic acids is 1. The Hall–Kier alpha value is -2.81. The zero-order chi connectivity index (χ0) is 13.9. The number of rotatable bonds is 3. The Balaban J connectivity index is 1.99. The van der Waals surface area contributed by atoms with Crippen LogP contribution >= 0.6 is 0 Å². The molecule has 3 aromatic rings. The highest BCUT2D eigenvalue weighted by Crippen LogP contribution is 2.24. The topological polar surface area (TPSA) is 52.2 Å². The molecule has 0 saturated heterocycles. The fourth-order valence-electron chi connectivity index (χ4n) is 2.19. The van der Waals surface area contributed by atoms with Crippen LogP contribution in [0.25, 0.3) is 10.8 Å². The fourth-order valence-corrected chi connectivity index (χ4v) is 2.19. The van der Waals surface area contributed by atoms with Crippen LogP contribution < -0.4 is 10.4 Å². The van der Waals surface area contributed by atoms with Crippen molar-refractivity contribution in [2.75, 3.05) is 5.32 Å². The van der Waals surface area contributed by atoms with Gasteiger partial charge in [-0.25, -0.2) is 0 Å². The van der Waals surface area contributed by atoms with Crippen LogP contribution in [0.3, 0.4) is 0 Å². The number of aromatic carboxylic acids is 1. The van der Waals surface area contributed by atoms with E-state index in [1.807, 2.05) is 42.5 Å². The first-order valence-electron chi connectivity index (χ1n) is 6.30. The second-order valence-electron chi connectivity index (χ2n) is 4.52. The highest BCUT2D eigenvalue weighted by molar-refractivity contribution is 5.94. The molecule has 3 rings (SSSR count). The van der Waals surface area contributed by atoms with Gasteiger partial charge in [0.25, 0.3) is 0 Å².